The van der Waals surface area contributed by atoms with E-state index in [1.807, 2.05) is 42.1 Å². The molecule has 2 rings (SSSR count). The molecule has 0 aliphatic heterocycles. The first-order valence-electron chi connectivity index (χ1n) is 6.38. The van der Waals surface area contributed by atoms with Gasteiger partial charge in [0.2, 0.25) is 5.91 Å². The fourth-order valence-electron chi connectivity index (χ4n) is 1.80. The van der Waals surface area contributed by atoms with Crippen LogP contribution in [-0.2, 0) is 18.3 Å². The molecule has 0 aliphatic carbocycles. The number of nitrogens with one attached hydrogen (secondary N) is 2. The number of nitrogens with zero attached hydrogens (tertiary/aromatic N) is 2. The summed E-state index contributed by atoms with van der Waals surface area (Å²) in [5.41, 5.74) is 0.781. The molecule has 20 heavy (non-hydrogen) atoms. The molecule has 2 N–H and O–H groups in total. The first-order chi connectivity index (χ1) is 9.66. The van der Waals surface area contributed by atoms with E-state index in [4.69, 9.17) is 0 Å². The average molecular weight is 337 g/mol. The SMILES string of the molecule is Cn1ccnc1CCNCC(=O)Nc1ccccc1Br. The molecular weight excluding hydrogens is 320 g/mol. The smallest absolute Gasteiger partial charge is 0.238 e. The lowest BCUT2D eigenvalue weighted by atomic mass is 10.3. The Labute approximate surface area is 126 Å². The van der Waals surface area contributed by atoms with Crippen molar-refractivity contribution >= 4 is 27.5 Å². The standard InChI is InChI=1S/C14H17BrN4O/c1-19-9-8-17-13(19)6-7-16-10-14(20)18-12-5-3-2-4-11(12)15/h2-5,8-9,16H,6-7,10H2,1H3,(H,18,20). The second kappa shape index (κ2) is 7.21. The summed E-state index contributed by atoms with van der Waals surface area (Å²) >= 11 is 3.39. The van der Waals surface area contributed by atoms with Gasteiger partial charge in [0.05, 0.1) is 12.2 Å². The summed E-state index contributed by atoms with van der Waals surface area (Å²) in [5.74, 6) is 0.945. The van der Waals surface area contributed by atoms with Crippen molar-refractivity contribution in [3.8, 4) is 0 Å². The normalized spacial score (nSPS) is 10.5. The largest absolute Gasteiger partial charge is 0.338 e. The van der Waals surface area contributed by atoms with E-state index >= 15 is 0 Å². The van der Waals surface area contributed by atoms with E-state index in [1.54, 1.807) is 6.20 Å². The van der Waals surface area contributed by atoms with Crippen molar-refractivity contribution in [3.63, 3.8) is 0 Å². The summed E-state index contributed by atoms with van der Waals surface area (Å²) in [6.07, 6.45) is 4.48. The van der Waals surface area contributed by atoms with Crippen LogP contribution in [0.2, 0.25) is 0 Å². The zero-order valence-electron chi connectivity index (χ0n) is 11.3. The van der Waals surface area contributed by atoms with Crippen LogP contribution < -0.4 is 10.6 Å². The van der Waals surface area contributed by atoms with Crippen LogP contribution in [0.5, 0.6) is 0 Å². The van der Waals surface area contributed by atoms with Crippen molar-refractivity contribution in [2.75, 3.05) is 18.4 Å². The molecule has 6 heteroatoms. The molecule has 0 saturated heterocycles. The summed E-state index contributed by atoms with van der Waals surface area (Å²) in [6.45, 7) is 1.000. The van der Waals surface area contributed by atoms with Gasteiger partial charge in [0, 0.05) is 36.9 Å². The molecule has 0 atom stereocenters. The molecule has 106 valence electrons. The maximum atomic E-state index is 11.8. The van der Waals surface area contributed by atoms with E-state index in [2.05, 4.69) is 31.5 Å². The predicted octanol–water partition coefficient (Wildman–Crippen LogP) is 1.95. The second-order valence-electron chi connectivity index (χ2n) is 4.41. The van der Waals surface area contributed by atoms with Gasteiger partial charge in [0.15, 0.2) is 0 Å². The highest BCUT2D eigenvalue weighted by Crippen LogP contribution is 2.20. The van der Waals surface area contributed by atoms with Gasteiger partial charge in [0.25, 0.3) is 0 Å². The number of benzene rings is 1. The first-order valence-corrected chi connectivity index (χ1v) is 7.17. The van der Waals surface area contributed by atoms with Crippen molar-refractivity contribution in [3.05, 3.63) is 47.0 Å². The zero-order valence-corrected chi connectivity index (χ0v) is 12.9. The number of halogens is 1. The molecule has 1 amide bonds. The average Bonchev–Trinajstić information content (AvgIpc) is 2.83. The van der Waals surface area contributed by atoms with Crippen LogP contribution >= 0.6 is 15.9 Å². The molecular formula is C14H17BrN4O. The number of hydrogen-bond donors (Lipinski definition) is 2. The summed E-state index contributed by atoms with van der Waals surface area (Å²) in [5, 5.41) is 5.96. The van der Waals surface area contributed by atoms with Crippen LogP contribution in [0.4, 0.5) is 5.69 Å². The summed E-state index contributed by atoms with van der Waals surface area (Å²) in [4.78, 5) is 16.0. The molecule has 0 radical (unpaired) electrons. The number of anilines is 1. The fourth-order valence-corrected chi connectivity index (χ4v) is 2.18. The van der Waals surface area contributed by atoms with E-state index < -0.39 is 0 Å². The number of aryl methyl sites for hydroxylation is 1. The third kappa shape index (κ3) is 4.18. The Hall–Kier alpha value is -1.66. The quantitative estimate of drug-likeness (QED) is 0.792. The van der Waals surface area contributed by atoms with Gasteiger partial charge in [-0.15, -0.1) is 0 Å². The van der Waals surface area contributed by atoms with Crippen LogP contribution in [0.3, 0.4) is 0 Å². The topological polar surface area (TPSA) is 59.0 Å². The fraction of sp³-hybridized carbons (Fsp3) is 0.286. The Morgan fingerprint density at radius 1 is 1.40 bits per heavy atom. The number of rotatable bonds is 6. The molecule has 0 bridgehead atoms. The molecule has 0 saturated carbocycles. The van der Waals surface area contributed by atoms with Crippen molar-refractivity contribution in [2.45, 2.75) is 6.42 Å². The van der Waals surface area contributed by atoms with Crippen LogP contribution in [0.15, 0.2) is 41.1 Å². The van der Waals surface area contributed by atoms with Crippen LogP contribution in [-0.4, -0.2) is 28.5 Å². The Bertz CT molecular complexity index is 582. The van der Waals surface area contributed by atoms with Gasteiger partial charge in [-0.25, -0.2) is 4.98 Å². The van der Waals surface area contributed by atoms with Crippen molar-refractivity contribution < 1.29 is 4.79 Å². The summed E-state index contributed by atoms with van der Waals surface area (Å²) in [6, 6.07) is 7.54. The Morgan fingerprint density at radius 2 is 2.20 bits per heavy atom. The van der Waals surface area contributed by atoms with E-state index in [1.165, 1.54) is 0 Å². The lowest BCUT2D eigenvalue weighted by molar-refractivity contribution is -0.115. The van der Waals surface area contributed by atoms with Crippen molar-refractivity contribution in [2.24, 2.45) is 7.05 Å². The predicted molar refractivity (Wildman–Crippen MR) is 82.6 cm³/mol. The van der Waals surface area contributed by atoms with E-state index in [-0.39, 0.29) is 12.5 Å². The van der Waals surface area contributed by atoms with E-state index in [9.17, 15) is 4.79 Å². The molecule has 0 aliphatic rings. The molecule has 5 nitrogen and oxygen atoms in total. The molecule has 0 unspecified atom stereocenters. The Balaban J connectivity index is 1.71. The maximum Gasteiger partial charge on any atom is 0.238 e. The van der Waals surface area contributed by atoms with Gasteiger partial charge in [-0.2, -0.15) is 0 Å². The maximum absolute atomic E-state index is 11.8. The minimum Gasteiger partial charge on any atom is -0.338 e. The second-order valence-corrected chi connectivity index (χ2v) is 5.26. The monoisotopic (exact) mass is 336 g/mol. The molecule has 1 aromatic heterocycles. The van der Waals surface area contributed by atoms with Gasteiger partial charge in [-0.3, -0.25) is 4.79 Å². The number of amides is 1. The molecule has 2 aromatic rings. The van der Waals surface area contributed by atoms with Gasteiger partial charge in [-0.1, -0.05) is 12.1 Å². The number of aromatic nitrogens is 2. The van der Waals surface area contributed by atoms with Crippen LogP contribution in [0, 0.1) is 0 Å². The minimum atomic E-state index is -0.0586. The molecule has 0 spiro atoms. The van der Waals surface area contributed by atoms with E-state index in [0.29, 0.717) is 6.54 Å². The zero-order chi connectivity index (χ0) is 14.4. The van der Waals surface area contributed by atoms with Gasteiger partial charge < -0.3 is 15.2 Å². The van der Waals surface area contributed by atoms with E-state index in [0.717, 1.165) is 22.4 Å². The van der Waals surface area contributed by atoms with Gasteiger partial charge in [0.1, 0.15) is 5.82 Å². The van der Waals surface area contributed by atoms with Crippen LogP contribution in [0.1, 0.15) is 5.82 Å². The first kappa shape index (κ1) is 14.7. The van der Waals surface area contributed by atoms with Gasteiger partial charge in [-0.05, 0) is 28.1 Å². The van der Waals surface area contributed by atoms with Crippen molar-refractivity contribution in [1.29, 1.82) is 0 Å². The molecule has 0 fully saturated rings. The Morgan fingerprint density at radius 3 is 2.90 bits per heavy atom. The number of hydrogen-bond acceptors (Lipinski definition) is 3. The highest BCUT2D eigenvalue weighted by molar-refractivity contribution is 9.10. The Kier molecular flexibility index (Phi) is 5.31. The highest BCUT2D eigenvalue weighted by atomic mass is 79.9. The lowest BCUT2D eigenvalue weighted by Crippen LogP contribution is -2.30. The molecule has 1 heterocycles. The molecule has 1 aromatic carbocycles. The van der Waals surface area contributed by atoms with Gasteiger partial charge >= 0.3 is 0 Å². The lowest BCUT2D eigenvalue weighted by Gasteiger charge is -2.08. The van der Waals surface area contributed by atoms with Crippen molar-refractivity contribution in [1.82, 2.24) is 14.9 Å². The third-order valence-corrected chi connectivity index (χ3v) is 3.57. The number of carbonyl (C=O) groups excluding carboxylic acids is 1. The minimum absolute atomic E-state index is 0.0586. The number of carbonyl (C=O) groups is 1. The highest BCUT2D eigenvalue weighted by Gasteiger charge is 2.05. The summed E-state index contributed by atoms with van der Waals surface area (Å²) in [7, 11) is 1.96. The summed E-state index contributed by atoms with van der Waals surface area (Å²) < 4.78 is 2.85. The number of para-hydroxylation sites is 1. The third-order valence-electron chi connectivity index (χ3n) is 2.88. The number of imidazole rings is 1. The van der Waals surface area contributed by atoms with Crippen LogP contribution in [0.25, 0.3) is 0 Å².